The lowest BCUT2D eigenvalue weighted by Gasteiger charge is -2.31. The van der Waals surface area contributed by atoms with Crippen LogP contribution in [0, 0.1) is 0 Å². The summed E-state index contributed by atoms with van der Waals surface area (Å²) in [4.78, 5) is 9.72. The number of hydrogen-bond acceptors (Lipinski definition) is 5. The first-order chi connectivity index (χ1) is 25.8. The minimum absolute atomic E-state index is 0.603. The van der Waals surface area contributed by atoms with Gasteiger partial charge >= 0.3 is 0 Å². The lowest BCUT2D eigenvalue weighted by atomic mass is 10.0. The fourth-order valence-electron chi connectivity index (χ4n) is 7.31. The quantitative estimate of drug-likeness (QED) is 0.167. The molecule has 0 atom stereocenters. The zero-order valence-corrected chi connectivity index (χ0v) is 28.9. The van der Waals surface area contributed by atoms with Crippen molar-refractivity contribution in [2.24, 2.45) is 0 Å². The first-order valence-electron chi connectivity index (χ1n) is 17.4. The Morgan fingerprint density at radius 2 is 1.04 bits per heavy atom. The smallest absolute Gasteiger partial charge is 0.227 e. The highest BCUT2D eigenvalue weighted by Crippen LogP contribution is 2.49. The van der Waals surface area contributed by atoms with Gasteiger partial charge in [0.05, 0.1) is 21.5 Å². The standard InChI is InChI=1S/C47H31N3OS/c1-5-16-32(17-6-1)47-48-40-29-28-33-30-37(31-42(44(33)45(40)51-47)49(34-18-7-2-8-19-34)35-20-9-3-10-21-35)50(36-22-11-4-12-23-36)41-26-15-25-39-38-24-13-14-27-43(38)52-46(39)41/h1-31H. The van der Waals surface area contributed by atoms with Gasteiger partial charge < -0.3 is 14.2 Å². The number of benzene rings is 8. The summed E-state index contributed by atoms with van der Waals surface area (Å²) in [7, 11) is 0. The van der Waals surface area contributed by atoms with Gasteiger partial charge in [0, 0.05) is 43.8 Å². The SMILES string of the molecule is c1ccc(-c2nc3ccc4cc(N(c5ccccc5)c5cccc6c5sc5ccccc56)cc(N(c5ccccc5)c5ccccc5)c4c3o2)cc1. The van der Waals surface area contributed by atoms with Gasteiger partial charge in [0.1, 0.15) is 5.52 Å². The van der Waals surface area contributed by atoms with E-state index in [2.05, 4.69) is 168 Å². The number of fused-ring (bicyclic) bond motifs is 6. The average Bonchev–Trinajstić information content (AvgIpc) is 3.83. The number of anilines is 6. The molecule has 0 aliphatic rings. The third kappa shape index (κ3) is 5.10. The van der Waals surface area contributed by atoms with Gasteiger partial charge in [-0.2, -0.15) is 0 Å². The van der Waals surface area contributed by atoms with Gasteiger partial charge in [-0.1, -0.05) is 109 Å². The van der Waals surface area contributed by atoms with E-state index in [1.165, 1.54) is 20.2 Å². The van der Waals surface area contributed by atoms with E-state index in [1.54, 1.807) is 0 Å². The third-order valence-electron chi connectivity index (χ3n) is 9.62. The minimum atomic E-state index is 0.603. The first kappa shape index (κ1) is 30.2. The van der Waals surface area contributed by atoms with Gasteiger partial charge in [-0.25, -0.2) is 4.98 Å². The molecule has 0 aliphatic carbocycles. The van der Waals surface area contributed by atoms with Gasteiger partial charge in [0.2, 0.25) is 5.89 Å². The Kier molecular flexibility index (Phi) is 7.29. The zero-order chi connectivity index (χ0) is 34.4. The maximum Gasteiger partial charge on any atom is 0.227 e. The monoisotopic (exact) mass is 685 g/mol. The molecule has 0 unspecified atom stereocenters. The van der Waals surface area contributed by atoms with Crippen LogP contribution in [0.3, 0.4) is 0 Å². The highest BCUT2D eigenvalue weighted by molar-refractivity contribution is 7.26. The molecule has 0 saturated heterocycles. The van der Waals surface area contributed by atoms with Crippen LogP contribution in [0.25, 0.3) is 53.5 Å². The van der Waals surface area contributed by atoms with E-state index in [4.69, 9.17) is 9.40 Å². The van der Waals surface area contributed by atoms with Gasteiger partial charge in [0.25, 0.3) is 0 Å². The summed E-state index contributed by atoms with van der Waals surface area (Å²) in [6.45, 7) is 0. The molecule has 8 aromatic carbocycles. The van der Waals surface area contributed by atoms with E-state index >= 15 is 0 Å². The predicted molar refractivity (Wildman–Crippen MR) is 219 cm³/mol. The maximum atomic E-state index is 6.74. The second-order valence-corrected chi connectivity index (χ2v) is 13.8. The van der Waals surface area contributed by atoms with E-state index in [0.717, 1.165) is 61.6 Å². The Morgan fingerprint density at radius 3 is 1.71 bits per heavy atom. The molecule has 0 bridgehead atoms. The minimum Gasteiger partial charge on any atom is -0.435 e. The van der Waals surface area contributed by atoms with E-state index in [-0.39, 0.29) is 0 Å². The lowest BCUT2D eigenvalue weighted by molar-refractivity contribution is 0.623. The molecule has 2 heterocycles. The molecule has 246 valence electrons. The van der Waals surface area contributed by atoms with Crippen molar-refractivity contribution in [2.45, 2.75) is 0 Å². The van der Waals surface area contributed by atoms with Crippen LogP contribution in [0.5, 0.6) is 0 Å². The van der Waals surface area contributed by atoms with Crippen LogP contribution in [-0.2, 0) is 0 Å². The number of aromatic nitrogens is 1. The van der Waals surface area contributed by atoms with Gasteiger partial charge in [0.15, 0.2) is 5.58 Å². The topological polar surface area (TPSA) is 32.5 Å². The molecule has 0 amide bonds. The summed E-state index contributed by atoms with van der Waals surface area (Å²) in [6.07, 6.45) is 0. The summed E-state index contributed by atoms with van der Waals surface area (Å²) in [6, 6.07) is 66.1. The van der Waals surface area contributed by atoms with Gasteiger partial charge in [-0.3, -0.25) is 0 Å². The number of thiophene rings is 1. The number of nitrogens with zero attached hydrogens (tertiary/aromatic N) is 3. The largest absolute Gasteiger partial charge is 0.435 e. The Bertz CT molecular complexity index is 2810. The van der Waals surface area contributed by atoms with E-state index in [0.29, 0.717) is 5.89 Å². The number of para-hydroxylation sites is 3. The zero-order valence-electron chi connectivity index (χ0n) is 28.1. The van der Waals surface area contributed by atoms with E-state index in [1.807, 2.05) is 41.7 Å². The molecule has 10 aromatic rings. The first-order valence-corrected chi connectivity index (χ1v) is 18.2. The van der Waals surface area contributed by atoms with Crippen LogP contribution in [0.15, 0.2) is 192 Å². The molecule has 0 aliphatic heterocycles. The van der Waals surface area contributed by atoms with Crippen LogP contribution >= 0.6 is 11.3 Å². The molecule has 0 spiro atoms. The van der Waals surface area contributed by atoms with Crippen LogP contribution in [0.1, 0.15) is 0 Å². The Hall–Kier alpha value is -6.69. The van der Waals surface area contributed by atoms with E-state index < -0.39 is 0 Å². The van der Waals surface area contributed by atoms with Crippen molar-refractivity contribution in [3.05, 3.63) is 188 Å². The summed E-state index contributed by atoms with van der Waals surface area (Å²) >= 11 is 1.84. The number of hydrogen-bond donors (Lipinski definition) is 0. The second kappa shape index (κ2) is 12.6. The number of rotatable bonds is 7. The molecule has 0 radical (unpaired) electrons. The molecule has 52 heavy (non-hydrogen) atoms. The predicted octanol–water partition coefficient (Wildman–Crippen LogP) is 14.0. The Labute approximate surface area is 305 Å². The molecule has 4 nitrogen and oxygen atoms in total. The van der Waals surface area contributed by atoms with Crippen LogP contribution < -0.4 is 9.80 Å². The summed E-state index contributed by atoms with van der Waals surface area (Å²) in [5, 5.41) is 4.58. The van der Waals surface area contributed by atoms with Gasteiger partial charge in [-0.15, -0.1) is 11.3 Å². The second-order valence-electron chi connectivity index (χ2n) is 12.8. The van der Waals surface area contributed by atoms with Crippen molar-refractivity contribution in [2.75, 3.05) is 9.80 Å². The maximum absolute atomic E-state index is 6.74. The molecular formula is C47H31N3OS. The summed E-state index contributed by atoms with van der Waals surface area (Å²) in [5.74, 6) is 0.603. The fraction of sp³-hybridized carbons (Fsp3) is 0. The normalized spacial score (nSPS) is 11.5. The fourth-order valence-corrected chi connectivity index (χ4v) is 8.51. The van der Waals surface area contributed by atoms with Gasteiger partial charge in [-0.05, 0) is 84.2 Å². The lowest BCUT2D eigenvalue weighted by Crippen LogP contribution is -2.14. The third-order valence-corrected chi connectivity index (χ3v) is 10.8. The molecule has 0 saturated carbocycles. The van der Waals surface area contributed by atoms with E-state index in [9.17, 15) is 0 Å². The molecule has 2 aromatic heterocycles. The highest BCUT2D eigenvalue weighted by atomic mass is 32.1. The summed E-state index contributed by atoms with van der Waals surface area (Å²) in [5.41, 5.74) is 8.86. The summed E-state index contributed by atoms with van der Waals surface area (Å²) < 4.78 is 9.26. The van der Waals surface area contributed by atoms with Crippen molar-refractivity contribution in [1.82, 2.24) is 4.98 Å². The van der Waals surface area contributed by atoms with Crippen molar-refractivity contribution in [3.8, 4) is 11.5 Å². The van der Waals surface area contributed by atoms with Crippen LogP contribution in [0.4, 0.5) is 34.1 Å². The van der Waals surface area contributed by atoms with Crippen molar-refractivity contribution >= 4 is 87.5 Å². The highest BCUT2D eigenvalue weighted by Gasteiger charge is 2.24. The van der Waals surface area contributed by atoms with Crippen molar-refractivity contribution in [3.63, 3.8) is 0 Å². The molecule has 0 fully saturated rings. The number of oxazole rings is 1. The average molecular weight is 686 g/mol. The molecule has 5 heteroatoms. The van der Waals surface area contributed by atoms with Crippen molar-refractivity contribution < 1.29 is 4.42 Å². The van der Waals surface area contributed by atoms with Crippen LogP contribution in [0.2, 0.25) is 0 Å². The van der Waals surface area contributed by atoms with Crippen molar-refractivity contribution in [1.29, 1.82) is 0 Å². The molecule has 10 rings (SSSR count). The Morgan fingerprint density at radius 1 is 0.462 bits per heavy atom. The Balaban J connectivity index is 1.30. The van der Waals surface area contributed by atoms with Crippen LogP contribution in [-0.4, -0.2) is 4.98 Å². The molecule has 0 N–H and O–H groups in total. The molecular weight excluding hydrogens is 655 g/mol.